The summed E-state index contributed by atoms with van der Waals surface area (Å²) in [6.07, 6.45) is 1.02. The van der Waals surface area contributed by atoms with Crippen LogP contribution in [-0.4, -0.2) is 33.3 Å². The monoisotopic (exact) mass is 385 g/mol. The lowest BCUT2D eigenvalue weighted by Crippen LogP contribution is -2.30. The second kappa shape index (κ2) is 11.9. The summed E-state index contributed by atoms with van der Waals surface area (Å²) in [7, 11) is 3.38. The lowest BCUT2D eigenvalue weighted by atomic mass is 10.1. The molecule has 0 spiro atoms. The molecule has 2 aromatic rings. The van der Waals surface area contributed by atoms with Crippen molar-refractivity contribution < 1.29 is 14.2 Å². The smallest absolute Gasteiger partial charge is 0.195 e. The van der Waals surface area contributed by atoms with Gasteiger partial charge in [-0.05, 0) is 36.6 Å². The van der Waals surface area contributed by atoms with Gasteiger partial charge >= 0.3 is 0 Å². The minimum Gasteiger partial charge on any atom is -0.493 e. The number of hydrogen-bond acceptors (Lipinski definition) is 4. The first kappa shape index (κ1) is 21.6. The largest absolute Gasteiger partial charge is 0.493 e. The maximum atomic E-state index is 5.70. The zero-order valence-electron chi connectivity index (χ0n) is 17.2. The topological polar surface area (TPSA) is 64.1 Å². The molecule has 0 radical (unpaired) electrons. The fourth-order valence-electron chi connectivity index (χ4n) is 2.71. The summed E-state index contributed by atoms with van der Waals surface area (Å²) >= 11 is 0. The van der Waals surface area contributed by atoms with Crippen molar-refractivity contribution in [1.82, 2.24) is 5.32 Å². The van der Waals surface area contributed by atoms with Gasteiger partial charge in [0.25, 0.3) is 0 Å². The van der Waals surface area contributed by atoms with Gasteiger partial charge in [0.15, 0.2) is 17.5 Å². The van der Waals surface area contributed by atoms with E-state index in [4.69, 9.17) is 14.2 Å². The Morgan fingerprint density at radius 1 is 1.04 bits per heavy atom. The van der Waals surface area contributed by atoms with Gasteiger partial charge in [0, 0.05) is 32.0 Å². The maximum Gasteiger partial charge on any atom is 0.195 e. The van der Waals surface area contributed by atoms with Crippen LogP contribution in [0, 0.1) is 0 Å². The standard InChI is InChI=1S/C22H31N3O3/c1-5-13-27-16-18-10-8-7-9-17(18)15-24-22(23-3)25-19-11-12-20(28-6-2)21(14-19)26-4/h7-12,14H,5-6,13,15-16H2,1-4H3,(H2,23,24,25). The molecule has 0 aliphatic heterocycles. The zero-order chi connectivity index (χ0) is 20.2. The quantitative estimate of drug-likeness (QED) is 0.364. The summed E-state index contributed by atoms with van der Waals surface area (Å²) in [5, 5.41) is 6.64. The van der Waals surface area contributed by atoms with Crippen LogP contribution in [0.3, 0.4) is 0 Å². The Bertz CT molecular complexity index is 762. The molecule has 2 aromatic carbocycles. The third-order valence-corrected chi connectivity index (χ3v) is 4.12. The Morgan fingerprint density at radius 2 is 1.82 bits per heavy atom. The van der Waals surface area contributed by atoms with Gasteiger partial charge in [0.2, 0.25) is 0 Å². The normalized spacial score (nSPS) is 11.2. The number of methoxy groups -OCH3 is 1. The van der Waals surface area contributed by atoms with E-state index in [0.29, 0.717) is 31.5 Å². The number of benzene rings is 2. The van der Waals surface area contributed by atoms with Gasteiger partial charge in [-0.1, -0.05) is 31.2 Å². The summed E-state index contributed by atoms with van der Waals surface area (Å²) < 4.78 is 16.7. The van der Waals surface area contributed by atoms with Crippen LogP contribution < -0.4 is 20.1 Å². The van der Waals surface area contributed by atoms with Crippen molar-refractivity contribution in [3.8, 4) is 11.5 Å². The van der Waals surface area contributed by atoms with Crippen LogP contribution in [0.5, 0.6) is 11.5 Å². The van der Waals surface area contributed by atoms with Gasteiger partial charge in [-0.3, -0.25) is 4.99 Å². The zero-order valence-corrected chi connectivity index (χ0v) is 17.2. The Morgan fingerprint density at radius 3 is 2.50 bits per heavy atom. The van der Waals surface area contributed by atoms with Crippen molar-refractivity contribution in [3.63, 3.8) is 0 Å². The SMILES string of the molecule is CCCOCc1ccccc1CNC(=NC)Nc1ccc(OCC)c(OC)c1. The summed E-state index contributed by atoms with van der Waals surface area (Å²) in [6, 6.07) is 14.0. The minimum atomic E-state index is 0.591. The number of hydrogen-bond donors (Lipinski definition) is 2. The Kier molecular flexibility index (Phi) is 9.15. The van der Waals surface area contributed by atoms with Crippen LogP contribution in [0.25, 0.3) is 0 Å². The predicted molar refractivity (Wildman–Crippen MR) is 114 cm³/mol. The molecule has 0 aliphatic carbocycles. The summed E-state index contributed by atoms with van der Waals surface area (Å²) in [5.41, 5.74) is 3.24. The average Bonchev–Trinajstić information content (AvgIpc) is 2.73. The fourth-order valence-corrected chi connectivity index (χ4v) is 2.71. The molecular formula is C22H31N3O3. The van der Waals surface area contributed by atoms with E-state index >= 15 is 0 Å². The molecule has 0 bridgehead atoms. The van der Waals surface area contributed by atoms with Crippen LogP contribution >= 0.6 is 0 Å². The highest BCUT2D eigenvalue weighted by Crippen LogP contribution is 2.30. The van der Waals surface area contributed by atoms with Gasteiger partial charge < -0.3 is 24.8 Å². The molecular weight excluding hydrogens is 354 g/mol. The molecule has 2 rings (SSSR count). The predicted octanol–water partition coefficient (Wildman–Crippen LogP) is 4.21. The number of anilines is 1. The first-order valence-electron chi connectivity index (χ1n) is 9.64. The Hall–Kier alpha value is -2.73. The first-order chi connectivity index (χ1) is 13.7. The van der Waals surface area contributed by atoms with Crippen LogP contribution in [0.1, 0.15) is 31.4 Å². The summed E-state index contributed by atoms with van der Waals surface area (Å²) in [4.78, 5) is 4.31. The molecule has 0 fully saturated rings. The number of nitrogens with one attached hydrogen (secondary N) is 2. The van der Waals surface area contributed by atoms with E-state index in [1.807, 2.05) is 37.3 Å². The van der Waals surface area contributed by atoms with E-state index in [-0.39, 0.29) is 0 Å². The first-order valence-corrected chi connectivity index (χ1v) is 9.64. The van der Waals surface area contributed by atoms with Crippen LogP contribution in [-0.2, 0) is 17.9 Å². The second-order valence-electron chi connectivity index (χ2n) is 6.17. The van der Waals surface area contributed by atoms with E-state index in [9.17, 15) is 0 Å². The van der Waals surface area contributed by atoms with Gasteiger partial charge in [0.1, 0.15) is 0 Å². The number of ether oxygens (including phenoxy) is 3. The highest BCUT2D eigenvalue weighted by atomic mass is 16.5. The maximum absolute atomic E-state index is 5.70. The number of aliphatic imine (C=N–C) groups is 1. The molecule has 2 N–H and O–H groups in total. The van der Waals surface area contributed by atoms with Crippen molar-refractivity contribution in [2.45, 2.75) is 33.4 Å². The van der Waals surface area contributed by atoms with Gasteiger partial charge in [0.05, 0.1) is 20.3 Å². The van der Waals surface area contributed by atoms with Crippen molar-refractivity contribution in [2.24, 2.45) is 4.99 Å². The summed E-state index contributed by atoms with van der Waals surface area (Å²) in [6.45, 7) is 6.69. The number of nitrogens with zero attached hydrogens (tertiary/aromatic N) is 1. The number of guanidine groups is 1. The third-order valence-electron chi connectivity index (χ3n) is 4.12. The fraction of sp³-hybridized carbons (Fsp3) is 0.409. The Balaban J connectivity index is 2.00. The Labute approximate surface area is 167 Å². The molecule has 0 amide bonds. The second-order valence-corrected chi connectivity index (χ2v) is 6.17. The molecule has 0 saturated carbocycles. The number of rotatable bonds is 10. The molecule has 0 aliphatic rings. The third kappa shape index (κ3) is 6.46. The molecule has 0 aromatic heterocycles. The van der Waals surface area contributed by atoms with Crippen molar-refractivity contribution in [1.29, 1.82) is 0 Å². The molecule has 0 unspecified atom stereocenters. The lowest BCUT2D eigenvalue weighted by Gasteiger charge is -2.16. The van der Waals surface area contributed by atoms with E-state index in [0.717, 1.165) is 24.5 Å². The van der Waals surface area contributed by atoms with E-state index in [1.165, 1.54) is 11.1 Å². The average molecular weight is 386 g/mol. The van der Waals surface area contributed by atoms with Crippen LogP contribution in [0.4, 0.5) is 5.69 Å². The minimum absolute atomic E-state index is 0.591. The molecule has 0 heterocycles. The molecule has 28 heavy (non-hydrogen) atoms. The van der Waals surface area contributed by atoms with Crippen LogP contribution in [0.15, 0.2) is 47.5 Å². The molecule has 0 atom stereocenters. The van der Waals surface area contributed by atoms with E-state index in [1.54, 1.807) is 14.2 Å². The van der Waals surface area contributed by atoms with Gasteiger partial charge in [-0.2, -0.15) is 0 Å². The highest BCUT2D eigenvalue weighted by Gasteiger charge is 2.08. The van der Waals surface area contributed by atoms with Crippen LogP contribution in [0.2, 0.25) is 0 Å². The highest BCUT2D eigenvalue weighted by molar-refractivity contribution is 5.93. The van der Waals surface area contributed by atoms with E-state index in [2.05, 4.69) is 34.7 Å². The molecule has 6 heteroatoms. The molecule has 0 saturated heterocycles. The van der Waals surface area contributed by atoms with Crippen molar-refractivity contribution >= 4 is 11.6 Å². The van der Waals surface area contributed by atoms with Crippen molar-refractivity contribution in [3.05, 3.63) is 53.6 Å². The molecule has 6 nitrogen and oxygen atoms in total. The van der Waals surface area contributed by atoms with E-state index < -0.39 is 0 Å². The van der Waals surface area contributed by atoms with Crippen molar-refractivity contribution in [2.75, 3.05) is 32.7 Å². The van der Waals surface area contributed by atoms with Gasteiger partial charge in [-0.15, -0.1) is 0 Å². The lowest BCUT2D eigenvalue weighted by molar-refractivity contribution is 0.121. The molecule has 152 valence electrons. The summed E-state index contributed by atoms with van der Waals surface area (Å²) in [5.74, 6) is 2.08. The van der Waals surface area contributed by atoms with Gasteiger partial charge in [-0.25, -0.2) is 0 Å².